The largest absolute Gasteiger partial charge is 0.513 e. The molecule has 6 nitrogen and oxygen atoms in total. The summed E-state index contributed by atoms with van der Waals surface area (Å²) in [6, 6.07) is 5.38. The van der Waals surface area contributed by atoms with Gasteiger partial charge in [0.05, 0.1) is 11.5 Å². The Bertz CT molecular complexity index is 639. The Morgan fingerprint density at radius 2 is 1.81 bits per heavy atom. The van der Waals surface area contributed by atoms with E-state index in [-0.39, 0.29) is 16.9 Å². The van der Waals surface area contributed by atoms with Gasteiger partial charge in [0, 0.05) is 12.1 Å². The normalized spacial score (nSPS) is 30.5. The van der Waals surface area contributed by atoms with Crippen molar-refractivity contribution in [2.24, 2.45) is 23.2 Å². The van der Waals surface area contributed by atoms with Crippen LogP contribution in [0.1, 0.15) is 52.4 Å². The van der Waals surface area contributed by atoms with Crippen LogP contribution in [0.3, 0.4) is 0 Å². The molecule has 2 aliphatic carbocycles. The van der Waals surface area contributed by atoms with Gasteiger partial charge in [-0.05, 0) is 73.8 Å². The number of nitrogens with zero attached hydrogens (tertiary/aromatic N) is 1. The SMILES string of the molecule is CC1CC2CC(C1)CC(C)(CCOC(=O)Oc1ccc([N+](=O)[O-])cc1)C2. The summed E-state index contributed by atoms with van der Waals surface area (Å²) in [6.07, 6.45) is 6.55. The summed E-state index contributed by atoms with van der Waals surface area (Å²) in [5.41, 5.74) is 0.192. The van der Waals surface area contributed by atoms with Gasteiger partial charge >= 0.3 is 6.16 Å². The van der Waals surface area contributed by atoms with Crippen LogP contribution in [0.2, 0.25) is 0 Å². The highest BCUT2D eigenvalue weighted by molar-refractivity contribution is 5.63. The summed E-state index contributed by atoms with van der Waals surface area (Å²) in [4.78, 5) is 22.0. The summed E-state index contributed by atoms with van der Waals surface area (Å²) in [5, 5.41) is 10.6. The van der Waals surface area contributed by atoms with Gasteiger partial charge in [-0.3, -0.25) is 10.1 Å². The third kappa shape index (κ3) is 4.74. The summed E-state index contributed by atoms with van der Waals surface area (Å²) in [5.74, 6) is 2.72. The second-order valence-electron chi connectivity index (χ2n) is 8.46. The van der Waals surface area contributed by atoms with Gasteiger partial charge in [-0.25, -0.2) is 4.79 Å². The molecule has 6 heteroatoms. The maximum Gasteiger partial charge on any atom is 0.513 e. The van der Waals surface area contributed by atoms with Crippen molar-refractivity contribution in [3.8, 4) is 5.75 Å². The first-order chi connectivity index (χ1) is 12.3. The average Bonchev–Trinajstić information content (AvgIpc) is 2.53. The molecule has 142 valence electrons. The summed E-state index contributed by atoms with van der Waals surface area (Å²) < 4.78 is 10.3. The van der Waals surface area contributed by atoms with Gasteiger partial charge in [-0.2, -0.15) is 0 Å². The van der Waals surface area contributed by atoms with Gasteiger partial charge in [-0.1, -0.05) is 13.8 Å². The lowest BCUT2D eigenvalue weighted by Gasteiger charge is -2.47. The molecular formula is C20H27NO5. The number of rotatable bonds is 5. The number of benzene rings is 1. The number of carbonyl (C=O) groups is 1. The zero-order valence-corrected chi connectivity index (χ0v) is 15.5. The topological polar surface area (TPSA) is 78.7 Å². The van der Waals surface area contributed by atoms with Crippen LogP contribution >= 0.6 is 0 Å². The van der Waals surface area contributed by atoms with E-state index in [2.05, 4.69) is 13.8 Å². The lowest BCUT2D eigenvalue weighted by molar-refractivity contribution is -0.384. The van der Waals surface area contributed by atoms with E-state index in [4.69, 9.17) is 9.47 Å². The van der Waals surface area contributed by atoms with Gasteiger partial charge in [0.1, 0.15) is 5.75 Å². The first-order valence-corrected chi connectivity index (χ1v) is 9.42. The van der Waals surface area contributed by atoms with E-state index < -0.39 is 11.1 Å². The molecule has 2 aliphatic rings. The summed E-state index contributed by atoms with van der Waals surface area (Å²) in [7, 11) is 0. The molecule has 0 radical (unpaired) electrons. The van der Waals surface area contributed by atoms with Gasteiger partial charge in [-0.15, -0.1) is 0 Å². The van der Waals surface area contributed by atoms with Gasteiger partial charge < -0.3 is 9.47 Å². The number of carbonyl (C=O) groups excluding carboxylic acids is 1. The molecular weight excluding hydrogens is 334 g/mol. The van der Waals surface area contributed by atoms with Crippen molar-refractivity contribution in [3.63, 3.8) is 0 Å². The minimum atomic E-state index is -0.757. The van der Waals surface area contributed by atoms with Crippen molar-refractivity contribution < 1.29 is 19.2 Å². The highest BCUT2D eigenvalue weighted by atomic mass is 16.7. The van der Waals surface area contributed by atoms with E-state index in [1.807, 2.05) is 0 Å². The Morgan fingerprint density at radius 3 is 2.38 bits per heavy atom. The molecule has 1 aromatic rings. The third-order valence-corrected chi connectivity index (χ3v) is 5.88. The molecule has 2 bridgehead atoms. The van der Waals surface area contributed by atoms with E-state index >= 15 is 0 Å². The molecule has 0 heterocycles. The fourth-order valence-electron chi connectivity index (χ4n) is 5.06. The molecule has 1 aromatic carbocycles. The first kappa shape index (κ1) is 18.7. The molecule has 0 N–H and O–H groups in total. The maximum atomic E-state index is 11.8. The number of fused-ring (bicyclic) bond motifs is 2. The molecule has 2 saturated carbocycles. The van der Waals surface area contributed by atoms with Crippen LogP contribution in [0.5, 0.6) is 5.75 Å². The van der Waals surface area contributed by atoms with Crippen LogP contribution in [0, 0.1) is 33.3 Å². The number of hydrogen-bond donors (Lipinski definition) is 0. The Morgan fingerprint density at radius 1 is 1.19 bits per heavy atom. The molecule has 0 amide bonds. The van der Waals surface area contributed by atoms with Crippen molar-refractivity contribution in [3.05, 3.63) is 34.4 Å². The number of non-ortho nitro benzene ring substituents is 1. The predicted molar refractivity (Wildman–Crippen MR) is 97.0 cm³/mol. The fraction of sp³-hybridized carbons (Fsp3) is 0.650. The van der Waals surface area contributed by atoms with Crippen LogP contribution < -0.4 is 4.74 Å². The van der Waals surface area contributed by atoms with Crippen molar-refractivity contribution in [2.75, 3.05) is 6.61 Å². The van der Waals surface area contributed by atoms with Crippen LogP contribution in [0.4, 0.5) is 10.5 Å². The summed E-state index contributed by atoms with van der Waals surface area (Å²) >= 11 is 0. The standard InChI is InChI=1S/C20H27NO5/c1-14-9-15-11-16(10-14)13-20(2,12-15)7-8-25-19(22)26-18-5-3-17(4-6-18)21(23)24/h3-6,14-16H,7-13H2,1-2H3. The number of ether oxygens (including phenoxy) is 2. The van der Waals surface area contributed by atoms with Gasteiger partial charge in [0.15, 0.2) is 0 Å². The monoisotopic (exact) mass is 361 g/mol. The third-order valence-electron chi connectivity index (χ3n) is 5.88. The van der Waals surface area contributed by atoms with Gasteiger partial charge in [0.25, 0.3) is 5.69 Å². The lowest BCUT2D eigenvalue weighted by atomic mass is 9.59. The smallest absolute Gasteiger partial charge is 0.434 e. The van der Waals surface area contributed by atoms with E-state index in [1.165, 1.54) is 56.4 Å². The molecule has 2 atom stereocenters. The van der Waals surface area contributed by atoms with E-state index in [0.717, 1.165) is 24.2 Å². The minimum absolute atomic E-state index is 0.0455. The Kier molecular flexibility index (Phi) is 5.49. The van der Waals surface area contributed by atoms with E-state index in [0.29, 0.717) is 6.61 Å². The molecule has 2 unspecified atom stereocenters. The van der Waals surface area contributed by atoms with Crippen LogP contribution in [-0.4, -0.2) is 17.7 Å². The molecule has 3 rings (SSSR count). The Hall–Kier alpha value is -2.11. The van der Waals surface area contributed by atoms with Crippen molar-refractivity contribution in [2.45, 2.75) is 52.4 Å². The highest BCUT2D eigenvalue weighted by Crippen LogP contribution is 2.51. The number of hydrogen-bond acceptors (Lipinski definition) is 5. The van der Waals surface area contributed by atoms with Gasteiger partial charge in [0.2, 0.25) is 0 Å². The first-order valence-electron chi connectivity index (χ1n) is 9.42. The average molecular weight is 361 g/mol. The molecule has 0 spiro atoms. The number of nitro groups is 1. The molecule has 0 aromatic heterocycles. The molecule has 0 aliphatic heterocycles. The maximum absolute atomic E-state index is 11.8. The quantitative estimate of drug-likeness (QED) is 0.305. The summed E-state index contributed by atoms with van der Waals surface area (Å²) in [6.45, 7) is 5.02. The second-order valence-corrected chi connectivity index (χ2v) is 8.46. The Balaban J connectivity index is 1.44. The van der Waals surface area contributed by atoms with E-state index in [9.17, 15) is 14.9 Å². The second kappa shape index (κ2) is 7.64. The highest BCUT2D eigenvalue weighted by Gasteiger charge is 2.40. The zero-order chi connectivity index (χ0) is 18.7. The Labute approximate surface area is 154 Å². The fourth-order valence-corrected chi connectivity index (χ4v) is 5.06. The lowest BCUT2D eigenvalue weighted by Crippen LogP contribution is -2.37. The minimum Gasteiger partial charge on any atom is -0.434 e. The van der Waals surface area contributed by atoms with E-state index in [1.54, 1.807) is 0 Å². The van der Waals surface area contributed by atoms with Crippen LogP contribution in [0.15, 0.2) is 24.3 Å². The molecule has 2 fully saturated rings. The predicted octanol–water partition coefficient (Wildman–Crippen LogP) is 5.35. The van der Waals surface area contributed by atoms with Crippen molar-refractivity contribution in [1.82, 2.24) is 0 Å². The van der Waals surface area contributed by atoms with Crippen LogP contribution in [0.25, 0.3) is 0 Å². The molecule has 26 heavy (non-hydrogen) atoms. The molecule has 0 saturated heterocycles. The van der Waals surface area contributed by atoms with Crippen molar-refractivity contribution in [1.29, 1.82) is 0 Å². The number of nitro benzene ring substituents is 1. The van der Waals surface area contributed by atoms with Crippen molar-refractivity contribution >= 4 is 11.8 Å². The van der Waals surface area contributed by atoms with Crippen LogP contribution in [-0.2, 0) is 4.74 Å². The zero-order valence-electron chi connectivity index (χ0n) is 15.5.